The number of carbonyl (C=O) groups is 2. The molecule has 0 aromatic carbocycles. The molecule has 0 spiro atoms. The van der Waals surface area contributed by atoms with E-state index < -0.39 is 0 Å². The molecule has 0 radical (unpaired) electrons. The number of morpholine rings is 1. The van der Waals surface area contributed by atoms with Crippen LogP contribution in [0.15, 0.2) is 0 Å². The monoisotopic (exact) mass is 360 g/mol. The summed E-state index contributed by atoms with van der Waals surface area (Å²) in [7, 11) is 0. The van der Waals surface area contributed by atoms with Crippen molar-refractivity contribution in [1.29, 1.82) is 0 Å². The zero-order chi connectivity index (χ0) is 16.1. The van der Waals surface area contributed by atoms with Crippen LogP contribution in [0.4, 0.5) is 4.79 Å². The lowest BCUT2D eigenvalue weighted by Gasteiger charge is -2.38. The van der Waals surface area contributed by atoms with Gasteiger partial charge in [-0.05, 0) is 12.8 Å². The predicted molar refractivity (Wildman–Crippen MR) is 93.4 cm³/mol. The van der Waals surface area contributed by atoms with E-state index in [4.69, 9.17) is 4.74 Å². The highest BCUT2D eigenvalue weighted by Crippen LogP contribution is 2.17. The van der Waals surface area contributed by atoms with Crippen LogP contribution in [0, 0.1) is 0 Å². The minimum Gasteiger partial charge on any atom is -0.378 e. The number of rotatable bonds is 2. The van der Waals surface area contributed by atoms with Gasteiger partial charge in [-0.25, -0.2) is 4.79 Å². The topological polar surface area (TPSA) is 73.9 Å². The molecule has 2 N–H and O–H groups in total. The SMILES string of the molecule is Cl.O=C(NC1CCCCC1)N1CCN(C(=O)C2COCCN2)CC1. The molecule has 0 aromatic rings. The number of ether oxygens (including phenoxy) is 1. The molecule has 3 aliphatic rings. The van der Waals surface area contributed by atoms with Crippen LogP contribution in [0.1, 0.15) is 32.1 Å². The van der Waals surface area contributed by atoms with Gasteiger partial charge in [0.15, 0.2) is 0 Å². The molecule has 138 valence electrons. The van der Waals surface area contributed by atoms with Gasteiger partial charge in [-0.15, -0.1) is 12.4 Å². The number of amides is 3. The lowest BCUT2D eigenvalue weighted by Crippen LogP contribution is -2.59. The summed E-state index contributed by atoms with van der Waals surface area (Å²) < 4.78 is 5.35. The smallest absolute Gasteiger partial charge is 0.317 e. The molecule has 7 nitrogen and oxygen atoms in total. The van der Waals surface area contributed by atoms with Gasteiger partial charge in [-0.2, -0.15) is 0 Å². The molecular formula is C16H29ClN4O3. The highest BCUT2D eigenvalue weighted by atomic mass is 35.5. The van der Waals surface area contributed by atoms with E-state index in [9.17, 15) is 9.59 Å². The fourth-order valence-electron chi connectivity index (χ4n) is 3.59. The summed E-state index contributed by atoms with van der Waals surface area (Å²) in [6, 6.07) is 0.133. The largest absolute Gasteiger partial charge is 0.378 e. The Balaban J connectivity index is 0.00000208. The molecule has 24 heavy (non-hydrogen) atoms. The van der Waals surface area contributed by atoms with Gasteiger partial charge in [-0.1, -0.05) is 19.3 Å². The first-order valence-corrected chi connectivity index (χ1v) is 8.89. The van der Waals surface area contributed by atoms with Gasteiger partial charge < -0.3 is 25.2 Å². The molecule has 2 aliphatic heterocycles. The van der Waals surface area contributed by atoms with Crippen LogP contribution >= 0.6 is 12.4 Å². The Labute approximate surface area is 149 Å². The van der Waals surface area contributed by atoms with Gasteiger partial charge in [0.1, 0.15) is 6.04 Å². The molecule has 8 heteroatoms. The van der Waals surface area contributed by atoms with Crippen LogP contribution in [0.25, 0.3) is 0 Å². The third-order valence-corrected chi connectivity index (χ3v) is 5.03. The summed E-state index contributed by atoms with van der Waals surface area (Å²) in [6.07, 6.45) is 5.90. The van der Waals surface area contributed by atoms with Crippen molar-refractivity contribution in [3.05, 3.63) is 0 Å². The van der Waals surface area contributed by atoms with Crippen LogP contribution in [0.3, 0.4) is 0 Å². The number of urea groups is 1. The standard InChI is InChI=1S/C16H28N4O3.ClH/c21-15(14-12-23-11-6-17-14)19-7-9-20(10-8-19)16(22)18-13-4-2-1-3-5-13;/h13-14,17H,1-12H2,(H,18,22);1H. The Morgan fingerprint density at radius 3 is 2.29 bits per heavy atom. The molecule has 1 saturated carbocycles. The quantitative estimate of drug-likeness (QED) is 0.755. The lowest BCUT2D eigenvalue weighted by molar-refractivity contribution is -0.137. The Morgan fingerprint density at radius 1 is 1.00 bits per heavy atom. The van der Waals surface area contributed by atoms with E-state index in [0.29, 0.717) is 45.4 Å². The molecule has 0 aromatic heterocycles. The molecule has 1 aliphatic carbocycles. The fraction of sp³-hybridized carbons (Fsp3) is 0.875. The van der Waals surface area contributed by atoms with Crippen LogP contribution in [0.5, 0.6) is 0 Å². The number of halogens is 1. The Hall–Kier alpha value is -1.05. The van der Waals surface area contributed by atoms with Gasteiger partial charge >= 0.3 is 6.03 Å². The van der Waals surface area contributed by atoms with E-state index in [1.165, 1.54) is 19.3 Å². The third kappa shape index (κ3) is 4.97. The average Bonchev–Trinajstić information content (AvgIpc) is 2.63. The van der Waals surface area contributed by atoms with Crippen molar-refractivity contribution in [2.75, 3.05) is 45.9 Å². The molecule has 0 bridgehead atoms. The van der Waals surface area contributed by atoms with Crippen LogP contribution < -0.4 is 10.6 Å². The van der Waals surface area contributed by atoms with Crippen molar-refractivity contribution in [2.24, 2.45) is 0 Å². The summed E-state index contributed by atoms with van der Waals surface area (Å²) in [6.45, 7) is 4.26. The molecule has 1 atom stereocenters. The van der Waals surface area contributed by atoms with E-state index >= 15 is 0 Å². The fourth-order valence-corrected chi connectivity index (χ4v) is 3.59. The Kier molecular flexibility index (Phi) is 7.58. The molecule has 1 unspecified atom stereocenters. The normalized spacial score (nSPS) is 25.8. The molecule has 3 rings (SSSR count). The van der Waals surface area contributed by atoms with E-state index in [2.05, 4.69) is 10.6 Å². The van der Waals surface area contributed by atoms with Crippen molar-refractivity contribution in [3.63, 3.8) is 0 Å². The van der Waals surface area contributed by atoms with Gasteiger partial charge in [0, 0.05) is 38.8 Å². The zero-order valence-electron chi connectivity index (χ0n) is 14.2. The van der Waals surface area contributed by atoms with Crippen LogP contribution in [-0.4, -0.2) is 79.8 Å². The van der Waals surface area contributed by atoms with E-state index in [1.807, 2.05) is 9.80 Å². The van der Waals surface area contributed by atoms with Crippen molar-refractivity contribution >= 4 is 24.3 Å². The number of nitrogens with zero attached hydrogens (tertiary/aromatic N) is 2. The van der Waals surface area contributed by atoms with Crippen molar-refractivity contribution in [1.82, 2.24) is 20.4 Å². The summed E-state index contributed by atoms with van der Waals surface area (Å²) in [5.41, 5.74) is 0. The van der Waals surface area contributed by atoms with Gasteiger partial charge in [0.2, 0.25) is 5.91 Å². The van der Waals surface area contributed by atoms with Gasteiger partial charge in [0.05, 0.1) is 13.2 Å². The number of hydrogen-bond acceptors (Lipinski definition) is 4. The first-order chi connectivity index (χ1) is 11.2. The highest BCUT2D eigenvalue weighted by molar-refractivity contribution is 5.85. The highest BCUT2D eigenvalue weighted by Gasteiger charge is 2.30. The maximum Gasteiger partial charge on any atom is 0.317 e. The molecule has 2 heterocycles. The third-order valence-electron chi connectivity index (χ3n) is 5.03. The number of carbonyl (C=O) groups excluding carboxylic acids is 2. The average molecular weight is 361 g/mol. The maximum atomic E-state index is 12.4. The minimum atomic E-state index is -0.230. The predicted octanol–water partition coefficient (Wildman–Crippen LogP) is 0.583. The van der Waals surface area contributed by atoms with Gasteiger partial charge in [-0.3, -0.25) is 4.79 Å². The molecule has 3 fully saturated rings. The van der Waals surface area contributed by atoms with E-state index in [0.717, 1.165) is 19.4 Å². The second kappa shape index (κ2) is 9.44. The summed E-state index contributed by atoms with van der Waals surface area (Å²) in [5.74, 6) is 0.0945. The number of nitrogens with one attached hydrogen (secondary N) is 2. The molecule has 3 amide bonds. The summed E-state index contributed by atoms with van der Waals surface area (Å²) in [4.78, 5) is 28.4. The first-order valence-electron chi connectivity index (χ1n) is 8.89. The Morgan fingerprint density at radius 2 is 1.67 bits per heavy atom. The first kappa shape index (κ1) is 19.3. The minimum absolute atomic E-state index is 0. The van der Waals surface area contributed by atoms with Crippen molar-refractivity contribution in [2.45, 2.75) is 44.2 Å². The van der Waals surface area contributed by atoms with Crippen LogP contribution in [0.2, 0.25) is 0 Å². The zero-order valence-corrected chi connectivity index (χ0v) is 15.0. The Bertz CT molecular complexity index is 418. The second-order valence-corrected chi connectivity index (χ2v) is 6.68. The number of hydrogen-bond donors (Lipinski definition) is 2. The molecular weight excluding hydrogens is 332 g/mol. The summed E-state index contributed by atoms with van der Waals surface area (Å²) in [5, 5.41) is 6.34. The number of piperazine rings is 1. The van der Waals surface area contributed by atoms with Gasteiger partial charge in [0.25, 0.3) is 0 Å². The second-order valence-electron chi connectivity index (χ2n) is 6.68. The van der Waals surface area contributed by atoms with Crippen molar-refractivity contribution in [3.8, 4) is 0 Å². The molecule has 2 saturated heterocycles. The summed E-state index contributed by atoms with van der Waals surface area (Å²) >= 11 is 0. The lowest BCUT2D eigenvalue weighted by atomic mass is 9.96. The maximum absolute atomic E-state index is 12.4. The van der Waals surface area contributed by atoms with E-state index in [1.54, 1.807) is 0 Å². The van der Waals surface area contributed by atoms with Crippen molar-refractivity contribution < 1.29 is 14.3 Å². The van der Waals surface area contributed by atoms with Crippen LogP contribution in [-0.2, 0) is 9.53 Å². The van der Waals surface area contributed by atoms with E-state index in [-0.39, 0.29) is 30.4 Å².